The van der Waals surface area contributed by atoms with Crippen LogP contribution in [0, 0.1) is 19.8 Å². The zero-order valence-electron chi connectivity index (χ0n) is 16.7. The van der Waals surface area contributed by atoms with Gasteiger partial charge in [0.2, 0.25) is 0 Å². The maximum absolute atomic E-state index is 5.30. The van der Waals surface area contributed by atoms with Gasteiger partial charge in [0, 0.05) is 51.0 Å². The van der Waals surface area contributed by atoms with Crippen LogP contribution in [0.2, 0.25) is 0 Å². The Labute approximate surface area is 174 Å². The molecule has 2 rings (SSSR count). The van der Waals surface area contributed by atoms with E-state index in [1.807, 2.05) is 4.68 Å². The Hall–Kier alpha value is -0.870. The Morgan fingerprint density at radius 3 is 2.73 bits per heavy atom. The van der Waals surface area contributed by atoms with Crippen molar-refractivity contribution in [3.63, 3.8) is 0 Å². The Balaban J connectivity index is 0.00000338. The van der Waals surface area contributed by atoms with Gasteiger partial charge in [-0.3, -0.25) is 4.68 Å². The molecule has 8 heteroatoms. The normalized spacial score (nSPS) is 17.5. The standard InChI is InChI=1S/C18H33N5O2.HI/c1-6-19-18(22-8-7-16(12-22)13-25-5)20-11-17-14(2)21-23(15(17)3)9-10-24-4;/h16H,6-13H2,1-5H3,(H,19,20);1H. The fourth-order valence-electron chi connectivity index (χ4n) is 3.33. The van der Waals surface area contributed by atoms with E-state index < -0.39 is 0 Å². The molecule has 2 heterocycles. The largest absolute Gasteiger partial charge is 0.384 e. The topological polar surface area (TPSA) is 63.9 Å². The molecule has 0 aliphatic carbocycles. The third-order valence-electron chi connectivity index (χ3n) is 4.75. The van der Waals surface area contributed by atoms with Gasteiger partial charge in [0.15, 0.2) is 5.96 Å². The Morgan fingerprint density at radius 1 is 1.31 bits per heavy atom. The molecule has 0 aromatic carbocycles. The first kappa shape index (κ1) is 23.2. The highest BCUT2D eigenvalue weighted by Gasteiger charge is 2.24. The number of aromatic nitrogens is 2. The monoisotopic (exact) mass is 479 g/mol. The van der Waals surface area contributed by atoms with Gasteiger partial charge in [0.05, 0.1) is 32.0 Å². The number of methoxy groups -OCH3 is 2. The minimum atomic E-state index is 0. The molecule has 0 radical (unpaired) electrons. The fraction of sp³-hybridized carbons (Fsp3) is 0.778. The molecule has 1 aliphatic heterocycles. The molecule has 1 saturated heterocycles. The predicted molar refractivity (Wildman–Crippen MR) is 115 cm³/mol. The summed E-state index contributed by atoms with van der Waals surface area (Å²) in [6, 6.07) is 0. The van der Waals surface area contributed by atoms with Crippen molar-refractivity contribution >= 4 is 29.9 Å². The van der Waals surface area contributed by atoms with E-state index in [9.17, 15) is 0 Å². The predicted octanol–water partition coefficient (Wildman–Crippen LogP) is 2.20. The van der Waals surface area contributed by atoms with Crippen molar-refractivity contribution < 1.29 is 9.47 Å². The zero-order chi connectivity index (χ0) is 18.2. The van der Waals surface area contributed by atoms with Gasteiger partial charge in [0.25, 0.3) is 0 Å². The van der Waals surface area contributed by atoms with Crippen LogP contribution < -0.4 is 5.32 Å². The second kappa shape index (κ2) is 11.8. The summed E-state index contributed by atoms with van der Waals surface area (Å²) in [5.74, 6) is 1.58. The lowest BCUT2D eigenvalue weighted by Gasteiger charge is -2.21. The Morgan fingerprint density at radius 2 is 2.08 bits per heavy atom. The van der Waals surface area contributed by atoms with E-state index in [4.69, 9.17) is 14.5 Å². The van der Waals surface area contributed by atoms with Gasteiger partial charge >= 0.3 is 0 Å². The highest BCUT2D eigenvalue weighted by Crippen LogP contribution is 2.18. The van der Waals surface area contributed by atoms with Gasteiger partial charge in [-0.15, -0.1) is 24.0 Å². The number of halogens is 1. The molecule has 1 aromatic rings. The number of guanidine groups is 1. The van der Waals surface area contributed by atoms with E-state index in [1.54, 1.807) is 14.2 Å². The molecule has 1 fully saturated rings. The smallest absolute Gasteiger partial charge is 0.194 e. The molecule has 150 valence electrons. The SMILES string of the molecule is CCNC(=NCc1c(C)nn(CCOC)c1C)N1CCC(COC)C1.I. The molecular weight excluding hydrogens is 445 g/mol. The van der Waals surface area contributed by atoms with Crippen molar-refractivity contribution in [2.24, 2.45) is 10.9 Å². The van der Waals surface area contributed by atoms with Crippen molar-refractivity contribution in [3.8, 4) is 0 Å². The third-order valence-corrected chi connectivity index (χ3v) is 4.75. The maximum atomic E-state index is 5.30. The molecule has 26 heavy (non-hydrogen) atoms. The number of rotatable bonds is 8. The molecule has 0 spiro atoms. The summed E-state index contributed by atoms with van der Waals surface area (Å²) in [7, 11) is 3.49. The highest BCUT2D eigenvalue weighted by molar-refractivity contribution is 14.0. The van der Waals surface area contributed by atoms with E-state index >= 15 is 0 Å². The van der Waals surface area contributed by atoms with Crippen molar-refractivity contribution in [3.05, 3.63) is 17.0 Å². The second-order valence-electron chi connectivity index (χ2n) is 6.59. The van der Waals surface area contributed by atoms with Gasteiger partial charge < -0.3 is 19.7 Å². The number of hydrogen-bond acceptors (Lipinski definition) is 4. The van der Waals surface area contributed by atoms with E-state index in [0.717, 1.165) is 50.9 Å². The van der Waals surface area contributed by atoms with Crippen LogP contribution in [0.5, 0.6) is 0 Å². The number of aryl methyl sites for hydroxylation is 1. The molecule has 7 nitrogen and oxygen atoms in total. The van der Waals surface area contributed by atoms with Crippen molar-refractivity contribution in [2.45, 2.75) is 40.3 Å². The molecule has 1 N–H and O–H groups in total. The molecule has 0 bridgehead atoms. The first-order valence-electron chi connectivity index (χ1n) is 9.14. The van der Waals surface area contributed by atoms with Crippen LogP contribution in [-0.4, -0.2) is 67.7 Å². The van der Waals surface area contributed by atoms with Crippen LogP contribution in [-0.2, 0) is 22.6 Å². The maximum Gasteiger partial charge on any atom is 0.194 e. The Kier molecular flexibility index (Phi) is 10.5. The quantitative estimate of drug-likeness (QED) is 0.352. The van der Waals surface area contributed by atoms with Crippen molar-refractivity contribution in [2.75, 3.05) is 47.1 Å². The first-order valence-corrected chi connectivity index (χ1v) is 9.14. The number of ether oxygens (including phenoxy) is 2. The van der Waals surface area contributed by atoms with Crippen molar-refractivity contribution in [1.82, 2.24) is 20.0 Å². The van der Waals surface area contributed by atoms with E-state index in [0.29, 0.717) is 19.1 Å². The fourth-order valence-corrected chi connectivity index (χ4v) is 3.33. The minimum absolute atomic E-state index is 0. The summed E-state index contributed by atoms with van der Waals surface area (Å²) in [5, 5.41) is 8.05. The van der Waals surface area contributed by atoms with Crippen LogP contribution in [0.25, 0.3) is 0 Å². The van der Waals surface area contributed by atoms with Gasteiger partial charge in [-0.1, -0.05) is 0 Å². The van der Waals surface area contributed by atoms with Gasteiger partial charge in [0.1, 0.15) is 0 Å². The lowest BCUT2D eigenvalue weighted by Crippen LogP contribution is -2.40. The summed E-state index contributed by atoms with van der Waals surface area (Å²) < 4.78 is 12.5. The summed E-state index contributed by atoms with van der Waals surface area (Å²) in [4.78, 5) is 7.22. The summed E-state index contributed by atoms with van der Waals surface area (Å²) in [6.45, 7) is 12.1. The Bertz CT molecular complexity index is 576. The van der Waals surface area contributed by atoms with Crippen LogP contribution >= 0.6 is 24.0 Å². The second-order valence-corrected chi connectivity index (χ2v) is 6.59. The van der Waals surface area contributed by atoms with Crippen LogP contribution in [0.1, 0.15) is 30.3 Å². The van der Waals surface area contributed by atoms with Crippen LogP contribution in [0.3, 0.4) is 0 Å². The molecule has 1 atom stereocenters. The number of aliphatic imine (C=N–C) groups is 1. The summed E-state index contributed by atoms with van der Waals surface area (Å²) in [5.41, 5.74) is 3.43. The molecule has 1 aromatic heterocycles. The van der Waals surface area contributed by atoms with E-state index in [1.165, 1.54) is 11.3 Å². The molecule has 1 aliphatic rings. The van der Waals surface area contributed by atoms with Crippen LogP contribution in [0.15, 0.2) is 4.99 Å². The zero-order valence-corrected chi connectivity index (χ0v) is 19.1. The molecular formula is C18H34IN5O2. The highest BCUT2D eigenvalue weighted by atomic mass is 127. The van der Waals surface area contributed by atoms with Gasteiger partial charge in [-0.25, -0.2) is 4.99 Å². The lowest BCUT2D eigenvalue weighted by molar-refractivity contribution is 0.157. The average Bonchev–Trinajstić information content (AvgIpc) is 3.16. The first-order chi connectivity index (χ1) is 12.1. The number of likely N-dealkylation sites (tertiary alicyclic amines) is 1. The lowest BCUT2D eigenvalue weighted by atomic mass is 10.1. The van der Waals surface area contributed by atoms with Crippen LogP contribution in [0.4, 0.5) is 0 Å². The minimum Gasteiger partial charge on any atom is -0.384 e. The van der Waals surface area contributed by atoms with Crippen molar-refractivity contribution in [1.29, 1.82) is 0 Å². The number of nitrogens with one attached hydrogen (secondary N) is 1. The molecule has 0 amide bonds. The molecule has 0 saturated carbocycles. The van der Waals surface area contributed by atoms with Gasteiger partial charge in [-0.2, -0.15) is 5.10 Å². The summed E-state index contributed by atoms with van der Waals surface area (Å²) in [6.07, 6.45) is 1.16. The third kappa shape index (κ3) is 6.09. The number of hydrogen-bond donors (Lipinski definition) is 1. The van der Waals surface area contributed by atoms with Gasteiger partial charge in [-0.05, 0) is 27.2 Å². The molecule has 1 unspecified atom stereocenters. The summed E-state index contributed by atoms with van der Waals surface area (Å²) >= 11 is 0. The average molecular weight is 479 g/mol. The van der Waals surface area contributed by atoms with E-state index in [-0.39, 0.29) is 24.0 Å². The van der Waals surface area contributed by atoms with E-state index in [2.05, 4.69) is 36.1 Å². The number of nitrogens with zero attached hydrogens (tertiary/aromatic N) is 4.